The Hall–Kier alpha value is -2.55. The van der Waals surface area contributed by atoms with Crippen LogP contribution in [0.1, 0.15) is 13.8 Å². The summed E-state index contributed by atoms with van der Waals surface area (Å²) < 4.78 is 12.5. The Morgan fingerprint density at radius 1 is 1.23 bits per heavy atom. The molecule has 1 unspecified atom stereocenters. The van der Waals surface area contributed by atoms with E-state index in [4.69, 9.17) is 21.1 Å². The number of hydrogen-bond acceptors (Lipinski definition) is 6. The Balaban J connectivity index is 1.89. The molecule has 3 rings (SSSR count). The van der Waals surface area contributed by atoms with Crippen molar-refractivity contribution in [2.45, 2.75) is 25.0 Å². The fraction of sp³-hybridized carbons (Fsp3) is 0.318. The number of benzene rings is 2. The van der Waals surface area contributed by atoms with Crippen LogP contribution in [0.3, 0.4) is 0 Å². The number of aromatic nitrogens is 3. The molecule has 1 aromatic heterocycles. The summed E-state index contributed by atoms with van der Waals surface area (Å²) >= 11 is 7.51. The van der Waals surface area contributed by atoms with Crippen molar-refractivity contribution in [1.29, 1.82) is 0 Å². The van der Waals surface area contributed by atoms with Crippen LogP contribution in [0.25, 0.3) is 17.1 Å². The highest BCUT2D eigenvalue weighted by atomic mass is 35.5. The van der Waals surface area contributed by atoms with Gasteiger partial charge in [0.25, 0.3) is 0 Å². The minimum absolute atomic E-state index is 0.0656. The van der Waals surface area contributed by atoms with E-state index in [0.29, 0.717) is 29.2 Å². The predicted molar refractivity (Wildman–Crippen MR) is 123 cm³/mol. The molecule has 0 radical (unpaired) electrons. The Kier molecular flexibility index (Phi) is 8.34. The summed E-state index contributed by atoms with van der Waals surface area (Å²) in [6.07, 6.45) is 0. The smallest absolute Gasteiger partial charge is 0.230 e. The average Bonchev–Trinajstić information content (AvgIpc) is 3.17. The van der Waals surface area contributed by atoms with Gasteiger partial charge in [-0.25, -0.2) is 0 Å². The average molecular weight is 461 g/mol. The monoisotopic (exact) mass is 460 g/mol. The van der Waals surface area contributed by atoms with Crippen LogP contribution in [0.4, 0.5) is 0 Å². The second-order valence-electron chi connectivity index (χ2n) is 6.79. The number of hydrogen-bond donors (Lipinski definition) is 1. The van der Waals surface area contributed by atoms with Crippen molar-refractivity contribution in [3.05, 3.63) is 53.6 Å². The van der Waals surface area contributed by atoms with Crippen LogP contribution in [0.2, 0.25) is 5.02 Å². The van der Waals surface area contributed by atoms with E-state index in [1.807, 2.05) is 66.9 Å². The van der Waals surface area contributed by atoms with Crippen molar-refractivity contribution in [1.82, 2.24) is 20.1 Å². The first-order valence-corrected chi connectivity index (χ1v) is 11.2. The van der Waals surface area contributed by atoms with E-state index in [1.165, 1.54) is 11.8 Å². The molecule has 1 atom stereocenters. The molecule has 1 amide bonds. The van der Waals surface area contributed by atoms with Gasteiger partial charge in [0.1, 0.15) is 5.75 Å². The number of ether oxygens (including phenoxy) is 2. The summed E-state index contributed by atoms with van der Waals surface area (Å²) in [5, 5.41) is 12.8. The summed E-state index contributed by atoms with van der Waals surface area (Å²) in [5.41, 5.74) is 1.69. The Labute approximate surface area is 191 Å². The molecule has 1 heterocycles. The molecule has 0 fully saturated rings. The molecule has 0 saturated heterocycles. The maximum atomic E-state index is 12.3. The highest BCUT2D eigenvalue weighted by Gasteiger charge is 2.18. The lowest BCUT2D eigenvalue weighted by molar-refractivity contribution is -0.119. The van der Waals surface area contributed by atoms with Crippen LogP contribution in [-0.2, 0) is 9.53 Å². The summed E-state index contributed by atoms with van der Waals surface area (Å²) in [7, 11) is 1.61. The zero-order valence-corrected chi connectivity index (χ0v) is 19.2. The van der Waals surface area contributed by atoms with Crippen molar-refractivity contribution >= 4 is 29.3 Å². The predicted octanol–water partition coefficient (Wildman–Crippen LogP) is 4.23. The zero-order chi connectivity index (χ0) is 22.2. The molecule has 2 aromatic carbocycles. The molecule has 1 N–H and O–H groups in total. The van der Waals surface area contributed by atoms with E-state index >= 15 is 0 Å². The van der Waals surface area contributed by atoms with Crippen molar-refractivity contribution < 1.29 is 14.3 Å². The van der Waals surface area contributed by atoms with E-state index in [9.17, 15) is 4.79 Å². The van der Waals surface area contributed by atoms with Crippen molar-refractivity contribution in [2.75, 3.05) is 26.1 Å². The third-order valence-corrected chi connectivity index (χ3v) is 5.44. The molecule has 0 spiro atoms. The van der Waals surface area contributed by atoms with E-state index in [1.54, 1.807) is 7.11 Å². The number of rotatable bonds is 10. The van der Waals surface area contributed by atoms with Gasteiger partial charge in [-0.1, -0.05) is 35.5 Å². The molecular formula is C22H25ClN4O3S. The number of thioether (sulfide) groups is 1. The van der Waals surface area contributed by atoms with Gasteiger partial charge in [0, 0.05) is 29.4 Å². The van der Waals surface area contributed by atoms with Crippen molar-refractivity contribution in [3.8, 4) is 22.8 Å². The number of nitrogens with zero attached hydrogens (tertiary/aromatic N) is 3. The van der Waals surface area contributed by atoms with Gasteiger partial charge in [0.2, 0.25) is 5.91 Å². The van der Waals surface area contributed by atoms with Crippen LogP contribution in [0.5, 0.6) is 5.75 Å². The van der Waals surface area contributed by atoms with Crippen LogP contribution < -0.4 is 10.1 Å². The summed E-state index contributed by atoms with van der Waals surface area (Å²) in [6, 6.07) is 15.0. The molecular weight excluding hydrogens is 436 g/mol. The molecule has 7 nitrogen and oxygen atoms in total. The SMILES string of the molecule is CCOc1ccc(-n2c(SCC(=O)NC(C)COC)nnc2-c2cccc(Cl)c2)cc1. The number of carbonyl (C=O) groups excluding carboxylic acids is 1. The van der Waals surface area contributed by atoms with Gasteiger partial charge in [-0.15, -0.1) is 10.2 Å². The molecule has 0 bridgehead atoms. The van der Waals surface area contributed by atoms with Crippen LogP contribution in [-0.4, -0.2) is 52.8 Å². The molecule has 0 aliphatic carbocycles. The van der Waals surface area contributed by atoms with Gasteiger partial charge in [-0.3, -0.25) is 9.36 Å². The molecule has 0 saturated carbocycles. The minimum Gasteiger partial charge on any atom is -0.494 e. The van der Waals surface area contributed by atoms with Gasteiger partial charge in [-0.05, 0) is 50.2 Å². The second-order valence-corrected chi connectivity index (χ2v) is 8.17. The van der Waals surface area contributed by atoms with Gasteiger partial charge >= 0.3 is 0 Å². The van der Waals surface area contributed by atoms with Gasteiger partial charge in [0.15, 0.2) is 11.0 Å². The molecule has 0 aliphatic rings. The van der Waals surface area contributed by atoms with Crippen LogP contribution in [0.15, 0.2) is 53.7 Å². The quantitative estimate of drug-likeness (QED) is 0.456. The number of methoxy groups -OCH3 is 1. The molecule has 3 aromatic rings. The topological polar surface area (TPSA) is 78.3 Å². The lowest BCUT2D eigenvalue weighted by atomic mass is 10.2. The molecule has 0 aliphatic heterocycles. The number of halogens is 1. The van der Waals surface area contributed by atoms with Crippen molar-refractivity contribution in [2.24, 2.45) is 0 Å². The second kappa shape index (κ2) is 11.2. The molecule has 31 heavy (non-hydrogen) atoms. The summed E-state index contributed by atoms with van der Waals surface area (Å²) in [5.74, 6) is 1.53. The van der Waals surface area contributed by atoms with Crippen LogP contribution >= 0.6 is 23.4 Å². The number of nitrogens with one attached hydrogen (secondary N) is 1. The third-order valence-electron chi connectivity index (χ3n) is 4.28. The number of amides is 1. The van der Waals surface area contributed by atoms with E-state index in [0.717, 1.165) is 17.0 Å². The Morgan fingerprint density at radius 3 is 2.68 bits per heavy atom. The third kappa shape index (κ3) is 6.22. The largest absolute Gasteiger partial charge is 0.494 e. The first-order valence-electron chi connectivity index (χ1n) is 9.87. The minimum atomic E-state index is -0.0971. The summed E-state index contributed by atoms with van der Waals surface area (Å²) in [6.45, 7) is 4.89. The lowest BCUT2D eigenvalue weighted by Crippen LogP contribution is -2.36. The fourth-order valence-electron chi connectivity index (χ4n) is 3.01. The zero-order valence-electron chi connectivity index (χ0n) is 17.7. The maximum Gasteiger partial charge on any atom is 0.230 e. The molecule has 9 heteroatoms. The van der Waals surface area contributed by atoms with E-state index in [2.05, 4.69) is 15.5 Å². The number of carbonyl (C=O) groups is 1. The van der Waals surface area contributed by atoms with Crippen molar-refractivity contribution in [3.63, 3.8) is 0 Å². The molecule has 164 valence electrons. The Bertz CT molecular complexity index is 1010. The van der Waals surface area contributed by atoms with Crippen LogP contribution in [0, 0.1) is 0 Å². The van der Waals surface area contributed by atoms with Gasteiger partial charge < -0.3 is 14.8 Å². The maximum absolute atomic E-state index is 12.3. The highest BCUT2D eigenvalue weighted by Crippen LogP contribution is 2.30. The highest BCUT2D eigenvalue weighted by molar-refractivity contribution is 7.99. The van der Waals surface area contributed by atoms with E-state index < -0.39 is 0 Å². The standard InChI is InChI=1S/C22H25ClN4O3S/c1-4-30-19-10-8-18(9-11-19)27-21(16-6-5-7-17(23)12-16)25-26-22(27)31-14-20(28)24-15(2)13-29-3/h5-12,15H,4,13-14H2,1-3H3,(H,24,28). The normalized spacial score (nSPS) is 11.9. The Morgan fingerprint density at radius 2 is 2.00 bits per heavy atom. The van der Waals surface area contributed by atoms with Gasteiger partial charge in [0.05, 0.1) is 19.0 Å². The fourth-order valence-corrected chi connectivity index (χ4v) is 3.96. The summed E-state index contributed by atoms with van der Waals surface area (Å²) in [4.78, 5) is 12.3. The first-order chi connectivity index (χ1) is 15.0. The first kappa shape index (κ1) is 23.1. The van der Waals surface area contributed by atoms with E-state index in [-0.39, 0.29) is 17.7 Å². The van der Waals surface area contributed by atoms with Gasteiger partial charge in [-0.2, -0.15) is 0 Å². The lowest BCUT2D eigenvalue weighted by Gasteiger charge is -2.13.